The van der Waals surface area contributed by atoms with Gasteiger partial charge in [0.15, 0.2) is 0 Å². The molecule has 0 radical (unpaired) electrons. The van der Waals surface area contributed by atoms with Crippen LogP contribution in [0.5, 0.6) is 0 Å². The molecule has 0 unspecified atom stereocenters. The van der Waals surface area contributed by atoms with Gasteiger partial charge >= 0.3 is 0 Å². The number of amides is 2. The molecular formula is C44H48N6O6S2. The van der Waals surface area contributed by atoms with Crippen molar-refractivity contribution in [1.29, 1.82) is 0 Å². The first-order valence-electron chi connectivity index (χ1n) is 19.2. The second kappa shape index (κ2) is 19.6. The number of carbonyl (C=O) groups is 2. The third kappa shape index (κ3) is 11.2. The van der Waals surface area contributed by atoms with Crippen molar-refractivity contribution in [3.8, 4) is 0 Å². The van der Waals surface area contributed by atoms with Gasteiger partial charge in [-0.2, -0.15) is 0 Å². The van der Waals surface area contributed by atoms with Crippen LogP contribution in [0.15, 0.2) is 143 Å². The van der Waals surface area contributed by atoms with Crippen molar-refractivity contribution in [1.82, 2.24) is 14.5 Å². The molecule has 2 N–H and O–H groups in total. The summed E-state index contributed by atoms with van der Waals surface area (Å²) in [6.07, 6.45) is 2.19. The second-order valence-electron chi connectivity index (χ2n) is 14.5. The molecule has 1 aliphatic heterocycles. The van der Waals surface area contributed by atoms with E-state index in [4.69, 9.17) is 0 Å². The van der Waals surface area contributed by atoms with E-state index < -0.39 is 31.4 Å². The van der Waals surface area contributed by atoms with Crippen molar-refractivity contribution >= 4 is 50.7 Å². The summed E-state index contributed by atoms with van der Waals surface area (Å²) < 4.78 is 28.9. The Balaban J connectivity index is 1.08. The average molecular weight is 821 g/mol. The van der Waals surface area contributed by atoms with Gasteiger partial charge in [0.25, 0.3) is 27.5 Å². The van der Waals surface area contributed by atoms with E-state index in [0.29, 0.717) is 37.4 Å². The number of thioether (sulfide) groups is 1. The number of sulfonamides is 1. The Hall–Kier alpha value is -5.70. The predicted octanol–water partition coefficient (Wildman–Crippen LogP) is 7.55. The van der Waals surface area contributed by atoms with E-state index in [1.54, 1.807) is 36.0 Å². The minimum atomic E-state index is -4.46. The Morgan fingerprint density at radius 2 is 1.47 bits per heavy atom. The van der Waals surface area contributed by atoms with Crippen molar-refractivity contribution in [2.75, 3.05) is 49.7 Å². The molecule has 0 aliphatic carbocycles. The first kappa shape index (κ1) is 41.9. The zero-order valence-corrected chi connectivity index (χ0v) is 34.2. The zero-order valence-electron chi connectivity index (χ0n) is 32.6. The Morgan fingerprint density at radius 1 is 0.845 bits per heavy atom. The lowest BCUT2D eigenvalue weighted by atomic mass is 10.00. The smallest absolute Gasteiger partial charge is 0.293 e. The molecule has 1 saturated heterocycles. The van der Waals surface area contributed by atoms with Crippen LogP contribution in [0.25, 0.3) is 0 Å². The summed E-state index contributed by atoms with van der Waals surface area (Å²) in [6.45, 7) is 2.62. The Kier molecular flexibility index (Phi) is 14.2. The first-order valence-corrected chi connectivity index (χ1v) is 21.6. The molecule has 0 spiro atoms. The number of nitro groups is 1. The van der Waals surface area contributed by atoms with Gasteiger partial charge in [-0.3, -0.25) is 19.7 Å². The molecule has 1 aliphatic rings. The highest BCUT2D eigenvalue weighted by Gasteiger charge is 2.30. The molecule has 302 valence electrons. The summed E-state index contributed by atoms with van der Waals surface area (Å²) in [4.78, 5) is 45.3. The number of carbonyl (C=O) groups excluding carboxylic acids is 2. The first-order chi connectivity index (χ1) is 28.0. The standard InChI is InChI=1S/C44H48N6O6S2/c1-47(2)27-24-36(32-57-39-16-10-5-11-17-39)45-41-23-22-40(30-42(41)50(53)54)58(55,56)46-43(51)34-18-20-37(21-19-34)48-28-25-38(26-29-48)49(31-33-12-6-3-7-13-33)44(52)35-14-8-4-9-15-35/h3-23,30,36,38,45H,24-29,31-32H2,1-2H3,(H,46,51)/t36-/m1/s1. The average Bonchev–Trinajstić information content (AvgIpc) is 3.24. The van der Waals surface area contributed by atoms with E-state index in [0.717, 1.165) is 41.6 Å². The molecule has 0 aromatic heterocycles. The molecule has 1 atom stereocenters. The van der Waals surface area contributed by atoms with Crippen molar-refractivity contribution in [3.63, 3.8) is 0 Å². The molecule has 14 heteroatoms. The Bertz CT molecular complexity index is 2260. The van der Waals surface area contributed by atoms with Crippen LogP contribution in [0.2, 0.25) is 0 Å². The van der Waals surface area contributed by atoms with Crippen molar-refractivity contribution in [2.24, 2.45) is 0 Å². The molecule has 2 amide bonds. The summed E-state index contributed by atoms with van der Waals surface area (Å²) in [5.41, 5.74) is 2.49. The number of hydrogen-bond donors (Lipinski definition) is 2. The van der Waals surface area contributed by atoms with Gasteiger partial charge in [0.1, 0.15) is 5.69 Å². The number of anilines is 2. The van der Waals surface area contributed by atoms with Crippen LogP contribution in [0.3, 0.4) is 0 Å². The number of piperidine rings is 1. The largest absolute Gasteiger partial charge is 0.376 e. The molecule has 0 bridgehead atoms. The molecular weight excluding hydrogens is 773 g/mol. The quantitative estimate of drug-likeness (QED) is 0.0548. The molecule has 5 aromatic rings. The van der Waals surface area contributed by atoms with Gasteiger partial charge in [0.05, 0.1) is 9.82 Å². The second-order valence-corrected chi connectivity index (χ2v) is 17.3. The summed E-state index contributed by atoms with van der Waals surface area (Å²) in [5, 5.41) is 15.5. The Morgan fingerprint density at radius 3 is 2.09 bits per heavy atom. The minimum absolute atomic E-state index is 0.00611. The van der Waals surface area contributed by atoms with Crippen LogP contribution >= 0.6 is 11.8 Å². The summed E-state index contributed by atoms with van der Waals surface area (Å²) in [5.74, 6) is -0.230. The third-order valence-electron chi connectivity index (χ3n) is 10.1. The number of rotatable bonds is 17. The normalized spacial score (nSPS) is 13.8. The summed E-state index contributed by atoms with van der Waals surface area (Å²) in [7, 11) is -0.549. The molecule has 1 fully saturated rings. The minimum Gasteiger partial charge on any atom is -0.376 e. The lowest BCUT2D eigenvalue weighted by Crippen LogP contribution is -2.47. The fraction of sp³-hybridized carbons (Fsp3) is 0.273. The van der Waals surface area contributed by atoms with Gasteiger partial charge in [0, 0.05) is 65.2 Å². The number of benzene rings is 5. The van der Waals surface area contributed by atoms with Crippen LogP contribution in [-0.4, -0.2) is 86.5 Å². The molecule has 5 aromatic carbocycles. The summed E-state index contributed by atoms with van der Waals surface area (Å²) >= 11 is 1.63. The maximum atomic E-state index is 13.7. The number of hydrogen-bond acceptors (Lipinski definition) is 10. The van der Waals surface area contributed by atoms with Crippen molar-refractivity contribution in [3.05, 3.63) is 160 Å². The van der Waals surface area contributed by atoms with E-state index >= 15 is 0 Å². The van der Waals surface area contributed by atoms with E-state index in [-0.39, 0.29) is 29.2 Å². The van der Waals surface area contributed by atoms with Gasteiger partial charge in [-0.15, -0.1) is 11.8 Å². The highest BCUT2D eigenvalue weighted by atomic mass is 32.2. The van der Waals surface area contributed by atoms with Gasteiger partial charge in [-0.25, -0.2) is 13.1 Å². The van der Waals surface area contributed by atoms with Gasteiger partial charge < -0.3 is 20.0 Å². The van der Waals surface area contributed by atoms with E-state index in [1.807, 2.05) is 115 Å². The van der Waals surface area contributed by atoms with Crippen LogP contribution in [0, 0.1) is 10.1 Å². The SMILES string of the molecule is CN(C)CC[C@H](CSc1ccccc1)Nc1ccc(S(=O)(=O)NC(=O)c2ccc(N3CCC(N(Cc4ccccc4)C(=O)c4ccccc4)CC3)cc2)cc1[N+](=O)[O-]. The van der Waals surface area contributed by atoms with Crippen LogP contribution in [-0.2, 0) is 16.6 Å². The Labute approximate surface area is 344 Å². The topological polar surface area (TPSA) is 145 Å². The van der Waals surface area contributed by atoms with E-state index in [1.165, 1.54) is 12.1 Å². The van der Waals surface area contributed by atoms with Crippen LogP contribution < -0.4 is 14.9 Å². The highest BCUT2D eigenvalue weighted by molar-refractivity contribution is 7.99. The fourth-order valence-electron chi connectivity index (χ4n) is 6.89. The molecule has 6 rings (SSSR count). The van der Waals surface area contributed by atoms with E-state index in [2.05, 4.69) is 14.9 Å². The molecule has 1 heterocycles. The fourth-order valence-corrected chi connectivity index (χ4v) is 8.88. The number of nitrogens with zero attached hydrogens (tertiary/aromatic N) is 4. The van der Waals surface area contributed by atoms with E-state index in [9.17, 15) is 28.1 Å². The van der Waals surface area contributed by atoms with Crippen LogP contribution in [0.4, 0.5) is 17.1 Å². The molecule has 58 heavy (non-hydrogen) atoms. The monoisotopic (exact) mass is 820 g/mol. The van der Waals surface area contributed by atoms with Gasteiger partial charge in [0.2, 0.25) is 0 Å². The number of nitrogens with one attached hydrogen (secondary N) is 2. The lowest BCUT2D eigenvalue weighted by molar-refractivity contribution is -0.384. The third-order valence-corrected chi connectivity index (χ3v) is 12.6. The van der Waals surface area contributed by atoms with Gasteiger partial charge in [-0.1, -0.05) is 66.7 Å². The zero-order chi connectivity index (χ0) is 41.1. The van der Waals surface area contributed by atoms with Crippen molar-refractivity contribution < 1.29 is 22.9 Å². The maximum Gasteiger partial charge on any atom is 0.293 e. The lowest BCUT2D eigenvalue weighted by Gasteiger charge is -2.39. The van der Waals surface area contributed by atoms with Crippen molar-refractivity contribution in [2.45, 2.75) is 47.7 Å². The highest BCUT2D eigenvalue weighted by Crippen LogP contribution is 2.31. The number of nitro benzene ring substituents is 1. The molecule has 12 nitrogen and oxygen atoms in total. The van der Waals surface area contributed by atoms with Gasteiger partial charge in [-0.05, 0) is 106 Å². The predicted molar refractivity (Wildman–Crippen MR) is 230 cm³/mol. The molecule has 0 saturated carbocycles. The maximum absolute atomic E-state index is 13.7. The summed E-state index contributed by atoms with van der Waals surface area (Å²) in [6, 6.07) is 39.3. The van der Waals surface area contributed by atoms with Crippen LogP contribution in [0.1, 0.15) is 45.5 Å².